The largest absolute Gasteiger partial charge is 0.385 e. The average Bonchev–Trinajstić information content (AvgIpc) is 2.70. The molecule has 106 valence electrons. The minimum absolute atomic E-state index is 0.0468. The summed E-state index contributed by atoms with van der Waals surface area (Å²) in [5.74, 6) is 0. The van der Waals surface area contributed by atoms with E-state index in [1.54, 1.807) is 7.11 Å². The van der Waals surface area contributed by atoms with Crippen molar-refractivity contribution in [2.24, 2.45) is 5.41 Å². The van der Waals surface area contributed by atoms with Gasteiger partial charge in [0.05, 0.1) is 12.1 Å². The van der Waals surface area contributed by atoms with Crippen LogP contribution in [0.5, 0.6) is 0 Å². The van der Waals surface area contributed by atoms with Crippen LogP contribution in [0.15, 0.2) is 0 Å². The second-order valence-corrected chi connectivity index (χ2v) is 5.71. The van der Waals surface area contributed by atoms with Crippen molar-refractivity contribution in [3.8, 4) is 0 Å². The Balaban J connectivity index is 2.23. The molecule has 1 saturated heterocycles. The number of nitrogens with one attached hydrogen (secondary N) is 2. The Bertz CT molecular complexity index is 269. The summed E-state index contributed by atoms with van der Waals surface area (Å²) in [5, 5.41) is 5.87. The standard InChI is InChI=1S/C13H26N2O3/c1-10-11(5-7-18-10)15-12(16)14-9-13(2,3)6-8-17-4/h10-11H,5-9H2,1-4H3,(H2,14,15,16)/t10-,11-/m1/s1. The van der Waals surface area contributed by atoms with Crippen LogP contribution >= 0.6 is 0 Å². The van der Waals surface area contributed by atoms with Gasteiger partial charge in [-0.1, -0.05) is 13.8 Å². The third-order valence-electron chi connectivity index (χ3n) is 3.40. The molecule has 0 aromatic carbocycles. The number of urea groups is 1. The Labute approximate surface area is 110 Å². The van der Waals surface area contributed by atoms with Crippen LogP contribution in [0.25, 0.3) is 0 Å². The van der Waals surface area contributed by atoms with Gasteiger partial charge in [0.1, 0.15) is 0 Å². The zero-order valence-electron chi connectivity index (χ0n) is 11.9. The van der Waals surface area contributed by atoms with Crippen LogP contribution in [-0.2, 0) is 9.47 Å². The fraction of sp³-hybridized carbons (Fsp3) is 0.923. The van der Waals surface area contributed by atoms with Gasteiger partial charge in [0.25, 0.3) is 0 Å². The molecule has 2 atom stereocenters. The molecule has 0 aromatic rings. The van der Waals surface area contributed by atoms with Gasteiger partial charge in [0.2, 0.25) is 0 Å². The predicted octanol–water partition coefficient (Wildman–Crippen LogP) is 1.53. The lowest BCUT2D eigenvalue weighted by atomic mass is 9.90. The van der Waals surface area contributed by atoms with Crippen LogP contribution in [0.4, 0.5) is 4.79 Å². The lowest BCUT2D eigenvalue weighted by molar-refractivity contribution is 0.114. The van der Waals surface area contributed by atoms with E-state index in [1.807, 2.05) is 6.92 Å². The predicted molar refractivity (Wildman–Crippen MR) is 70.6 cm³/mol. The fourth-order valence-corrected chi connectivity index (χ4v) is 1.93. The molecule has 0 radical (unpaired) electrons. The van der Waals surface area contributed by atoms with Gasteiger partial charge in [-0.25, -0.2) is 4.79 Å². The Hall–Kier alpha value is -0.810. The molecule has 0 aromatic heterocycles. The molecule has 0 aliphatic carbocycles. The minimum atomic E-state index is -0.108. The molecule has 0 spiro atoms. The van der Waals surface area contributed by atoms with Crippen molar-refractivity contribution in [2.45, 2.75) is 45.8 Å². The van der Waals surface area contributed by atoms with Crippen LogP contribution in [0.3, 0.4) is 0 Å². The molecule has 1 heterocycles. The molecule has 1 aliphatic heterocycles. The maximum absolute atomic E-state index is 11.8. The first kappa shape index (κ1) is 15.2. The van der Waals surface area contributed by atoms with Crippen molar-refractivity contribution in [3.63, 3.8) is 0 Å². The number of carbonyl (C=O) groups excluding carboxylic acids is 1. The van der Waals surface area contributed by atoms with E-state index in [0.29, 0.717) is 13.2 Å². The van der Waals surface area contributed by atoms with Gasteiger partial charge in [-0.3, -0.25) is 0 Å². The van der Waals surface area contributed by atoms with Crippen molar-refractivity contribution >= 4 is 6.03 Å². The Morgan fingerprint density at radius 2 is 2.22 bits per heavy atom. The van der Waals surface area contributed by atoms with Gasteiger partial charge in [0, 0.05) is 26.9 Å². The lowest BCUT2D eigenvalue weighted by Crippen LogP contribution is -2.47. The first-order valence-corrected chi connectivity index (χ1v) is 6.59. The van der Waals surface area contributed by atoms with Gasteiger partial charge in [-0.15, -0.1) is 0 Å². The number of methoxy groups -OCH3 is 1. The van der Waals surface area contributed by atoms with Crippen LogP contribution in [0.1, 0.15) is 33.6 Å². The topological polar surface area (TPSA) is 59.6 Å². The number of amides is 2. The normalized spacial score (nSPS) is 24.0. The van der Waals surface area contributed by atoms with Gasteiger partial charge >= 0.3 is 6.03 Å². The SMILES string of the molecule is COCCC(C)(C)CNC(=O)N[C@@H]1CCO[C@@H]1C. The summed E-state index contributed by atoms with van der Waals surface area (Å²) in [6, 6.07) is 0.0231. The van der Waals surface area contributed by atoms with Crippen LogP contribution in [0.2, 0.25) is 0 Å². The maximum Gasteiger partial charge on any atom is 0.315 e. The number of carbonyl (C=O) groups is 1. The Morgan fingerprint density at radius 3 is 2.78 bits per heavy atom. The highest BCUT2D eigenvalue weighted by atomic mass is 16.5. The van der Waals surface area contributed by atoms with E-state index >= 15 is 0 Å². The zero-order chi connectivity index (χ0) is 13.6. The molecule has 18 heavy (non-hydrogen) atoms. The Kier molecular flexibility index (Phi) is 5.88. The molecule has 2 amide bonds. The zero-order valence-corrected chi connectivity index (χ0v) is 11.9. The summed E-state index contributed by atoms with van der Waals surface area (Å²) >= 11 is 0. The van der Waals surface area contributed by atoms with Crippen molar-refractivity contribution in [2.75, 3.05) is 26.9 Å². The quantitative estimate of drug-likeness (QED) is 0.759. The number of hydrogen-bond donors (Lipinski definition) is 2. The van der Waals surface area contributed by atoms with Gasteiger partial charge in [-0.2, -0.15) is 0 Å². The summed E-state index contributed by atoms with van der Waals surface area (Å²) in [7, 11) is 1.69. The van der Waals surface area contributed by atoms with E-state index in [2.05, 4.69) is 24.5 Å². The summed E-state index contributed by atoms with van der Waals surface area (Å²) in [6.45, 7) is 8.31. The molecule has 0 saturated carbocycles. The van der Waals surface area contributed by atoms with Gasteiger partial charge < -0.3 is 20.1 Å². The Morgan fingerprint density at radius 1 is 1.50 bits per heavy atom. The molecule has 1 fully saturated rings. The first-order valence-electron chi connectivity index (χ1n) is 6.59. The van der Waals surface area contributed by atoms with E-state index in [1.165, 1.54) is 0 Å². The van der Waals surface area contributed by atoms with Gasteiger partial charge in [-0.05, 0) is 25.2 Å². The van der Waals surface area contributed by atoms with Crippen molar-refractivity contribution in [3.05, 3.63) is 0 Å². The summed E-state index contributed by atoms with van der Waals surface area (Å²) in [6.07, 6.45) is 1.92. The molecule has 2 N–H and O–H groups in total. The van der Waals surface area contributed by atoms with Crippen LogP contribution in [0, 0.1) is 5.41 Å². The highest BCUT2D eigenvalue weighted by Crippen LogP contribution is 2.18. The second-order valence-electron chi connectivity index (χ2n) is 5.71. The fourth-order valence-electron chi connectivity index (χ4n) is 1.93. The van der Waals surface area contributed by atoms with E-state index in [-0.39, 0.29) is 23.6 Å². The van der Waals surface area contributed by atoms with Gasteiger partial charge in [0.15, 0.2) is 0 Å². The number of ether oxygens (including phenoxy) is 2. The molecular formula is C13H26N2O3. The van der Waals surface area contributed by atoms with Crippen molar-refractivity contribution in [1.29, 1.82) is 0 Å². The maximum atomic E-state index is 11.8. The molecule has 5 heteroatoms. The highest BCUT2D eigenvalue weighted by Gasteiger charge is 2.26. The average molecular weight is 258 g/mol. The van der Waals surface area contributed by atoms with Crippen LogP contribution in [-0.4, -0.2) is 45.0 Å². The first-order chi connectivity index (χ1) is 8.44. The molecule has 1 aliphatic rings. The summed E-state index contributed by atoms with van der Waals surface area (Å²) in [4.78, 5) is 11.8. The monoisotopic (exact) mass is 258 g/mol. The second kappa shape index (κ2) is 6.95. The highest BCUT2D eigenvalue weighted by molar-refractivity contribution is 5.74. The third kappa shape index (κ3) is 5.23. The number of rotatable bonds is 6. The molecular weight excluding hydrogens is 232 g/mol. The van der Waals surface area contributed by atoms with E-state index in [0.717, 1.165) is 19.4 Å². The molecule has 1 rings (SSSR count). The molecule has 5 nitrogen and oxygen atoms in total. The minimum Gasteiger partial charge on any atom is -0.385 e. The van der Waals surface area contributed by atoms with Crippen molar-refractivity contribution < 1.29 is 14.3 Å². The molecule has 0 unspecified atom stereocenters. The third-order valence-corrected chi connectivity index (χ3v) is 3.40. The smallest absolute Gasteiger partial charge is 0.315 e. The molecule has 0 bridgehead atoms. The lowest BCUT2D eigenvalue weighted by Gasteiger charge is -2.25. The summed E-state index contributed by atoms with van der Waals surface area (Å²) in [5.41, 5.74) is 0.0468. The van der Waals surface area contributed by atoms with Crippen LogP contribution < -0.4 is 10.6 Å². The summed E-state index contributed by atoms with van der Waals surface area (Å²) < 4.78 is 10.5. The van der Waals surface area contributed by atoms with E-state index in [9.17, 15) is 4.79 Å². The number of hydrogen-bond acceptors (Lipinski definition) is 3. The van der Waals surface area contributed by atoms with E-state index in [4.69, 9.17) is 9.47 Å². The van der Waals surface area contributed by atoms with Crippen molar-refractivity contribution in [1.82, 2.24) is 10.6 Å². The van der Waals surface area contributed by atoms with E-state index < -0.39 is 0 Å².